The van der Waals surface area contributed by atoms with E-state index in [1.807, 2.05) is 6.92 Å². The summed E-state index contributed by atoms with van der Waals surface area (Å²) >= 11 is 13.2. The van der Waals surface area contributed by atoms with Crippen LogP contribution in [-0.4, -0.2) is 89.8 Å². The summed E-state index contributed by atoms with van der Waals surface area (Å²) in [5.41, 5.74) is 0. The number of thioether (sulfide) groups is 2. The number of rotatable bonds is 19. The highest BCUT2D eigenvalue weighted by Crippen LogP contribution is 2.25. The van der Waals surface area contributed by atoms with Crippen molar-refractivity contribution in [2.24, 2.45) is 17.8 Å². The van der Waals surface area contributed by atoms with E-state index in [0.29, 0.717) is 39.0 Å². The van der Waals surface area contributed by atoms with E-state index in [1.165, 1.54) is 0 Å². The summed E-state index contributed by atoms with van der Waals surface area (Å²) in [6.07, 6.45) is 2.06. The second-order valence-electron chi connectivity index (χ2n) is 9.06. The lowest BCUT2D eigenvalue weighted by molar-refractivity contribution is -0.113. The van der Waals surface area contributed by atoms with Gasteiger partial charge < -0.3 is 27.9 Å². The van der Waals surface area contributed by atoms with E-state index >= 15 is 0 Å². The molecule has 1 heterocycles. The summed E-state index contributed by atoms with van der Waals surface area (Å²) < 4.78 is 31.8. The van der Waals surface area contributed by atoms with Gasteiger partial charge in [0.2, 0.25) is 0 Å². The Morgan fingerprint density at radius 3 is 2.44 bits per heavy atom. The standard InChI is InChI=1S/C22H46O6S4Si2/c1-5-31-22(30)32-9-7-10-33-21(24-13-18(2)12-23)25-14-19(3)15-26-34(11-6-8-29)27-16-20(4)17-28-34/h18-21,23,29H,5-17,33H2,1-4H3. The number of ether oxygens (including phenoxy) is 2. The first-order valence-electron chi connectivity index (χ1n) is 12.5. The Kier molecular flexibility index (Phi) is 19.9. The molecule has 0 bridgehead atoms. The van der Waals surface area contributed by atoms with Crippen LogP contribution in [0.25, 0.3) is 0 Å². The fourth-order valence-electron chi connectivity index (χ4n) is 3.08. The van der Waals surface area contributed by atoms with E-state index < -0.39 is 18.3 Å². The average molecular weight is 591 g/mol. The molecule has 202 valence electrons. The third kappa shape index (κ3) is 15.6. The molecule has 0 saturated carbocycles. The van der Waals surface area contributed by atoms with Gasteiger partial charge in [-0.15, -0.1) is 23.5 Å². The molecule has 0 spiro atoms. The highest BCUT2D eigenvalue weighted by Gasteiger charge is 2.44. The molecule has 1 aliphatic rings. The van der Waals surface area contributed by atoms with Gasteiger partial charge in [-0.25, -0.2) is 0 Å². The lowest BCUT2D eigenvalue weighted by atomic mass is 10.2. The molecule has 1 saturated heterocycles. The van der Waals surface area contributed by atoms with Gasteiger partial charge >= 0.3 is 8.80 Å². The Morgan fingerprint density at radius 2 is 1.82 bits per heavy atom. The van der Waals surface area contributed by atoms with Crippen LogP contribution < -0.4 is 0 Å². The fraction of sp³-hybridized carbons (Fsp3) is 0.955. The van der Waals surface area contributed by atoms with Crippen molar-refractivity contribution in [1.82, 2.24) is 0 Å². The Bertz CT molecular complexity index is 524. The predicted molar refractivity (Wildman–Crippen MR) is 158 cm³/mol. The molecule has 6 nitrogen and oxygen atoms in total. The van der Waals surface area contributed by atoms with E-state index in [4.69, 9.17) is 35.0 Å². The summed E-state index contributed by atoms with van der Waals surface area (Å²) in [4.78, 5) is 0. The van der Waals surface area contributed by atoms with Gasteiger partial charge in [-0.3, -0.25) is 0 Å². The van der Waals surface area contributed by atoms with Crippen LogP contribution >= 0.6 is 48.4 Å². The van der Waals surface area contributed by atoms with Gasteiger partial charge in [0.05, 0.1) is 22.7 Å². The number of aliphatic hydroxyl groups is 1. The second kappa shape index (κ2) is 20.3. The molecule has 0 radical (unpaired) electrons. The zero-order valence-corrected chi connectivity index (χ0v) is 27.1. The number of thiocarbonyl (C=S) groups is 1. The lowest BCUT2D eigenvalue weighted by Gasteiger charge is -2.36. The monoisotopic (exact) mass is 590 g/mol. The summed E-state index contributed by atoms with van der Waals surface area (Å²) in [5.74, 6) is 3.48. The van der Waals surface area contributed by atoms with E-state index in [1.54, 1.807) is 23.5 Å². The normalized spacial score (nSPS) is 23.9. The zero-order chi connectivity index (χ0) is 25.2. The molecule has 1 fully saturated rings. The van der Waals surface area contributed by atoms with Crippen LogP contribution in [0.4, 0.5) is 0 Å². The van der Waals surface area contributed by atoms with Gasteiger partial charge in [0.25, 0.3) is 0 Å². The summed E-state index contributed by atoms with van der Waals surface area (Å²) in [5, 5.41) is 9.34. The van der Waals surface area contributed by atoms with Crippen LogP contribution in [0.15, 0.2) is 0 Å². The van der Waals surface area contributed by atoms with E-state index in [0.717, 1.165) is 45.7 Å². The van der Waals surface area contributed by atoms with Crippen LogP contribution in [0.5, 0.6) is 0 Å². The van der Waals surface area contributed by atoms with Crippen LogP contribution in [0, 0.1) is 17.8 Å². The summed E-state index contributed by atoms with van der Waals surface area (Å²) in [7, 11) is -3.18. The van der Waals surface area contributed by atoms with Crippen molar-refractivity contribution in [2.75, 3.05) is 56.9 Å². The van der Waals surface area contributed by atoms with Gasteiger partial charge in [0.15, 0.2) is 0 Å². The van der Waals surface area contributed by atoms with Crippen molar-refractivity contribution >= 4 is 70.2 Å². The van der Waals surface area contributed by atoms with Gasteiger partial charge in [-0.1, -0.05) is 46.0 Å². The number of hydrogen-bond acceptors (Lipinski definition) is 10. The molecule has 0 aromatic heterocycles. The number of thiol groups is 1. The van der Waals surface area contributed by atoms with Crippen LogP contribution in [-0.2, 0) is 22.8 Å². The molecular formula is C22H46O6S4Si2. The molecule has 3 unspecified atom stereocenters. The van der Waals surface area contributed by atoms with Crippen molar-refractivity contribution < 1.29 is 27.9 Å². The molecule has 0 amide bonds. The van der Waals surface area contributed by atoms with Crippen molar-refractivity contribution in [2.45, 2.75) is 58.5 Å². The van der Waals surface area contributed by atoms with Gasteiger partial charge in [-0.05, 0) is 30.1 Å². The highest BCUT2D eigenvalue weighted by atomic mass is 32.2. The predicted octanol–water partition coefficient (Wildman–Crippen LogP) is 4.27. The zero-order valence-electron chi connectivity index (χ0n) is 21.4. The Balaban J connectivity index is 2.43. The maximum Gasteiger partial charge on any atom is 0.501 e. The third-order valence-electron chi connectivity index (χ3n) is 5.17. The van der Waals surface area contributed by atoms with Crippen molar-refractivity contribution in [3.05, 3.63) is 0 Å². The SMILES string of the molecule is CCSC(=S)SCCC[SiH2]C(OCC(C)CO)OCC(C)CO[Si]1(CCCS)OCC(C)CO1. The average Bonchev–Trinajstić information content (AvgIpc) is 2.83. The second-order valence-corrected chi connectivity index (χ2v) is 17.8. The Hall–Kier alpha value is 1.33. The van der Waals surface area contributed by atoms with Crippen LogP contribution in [0.2, 0.25) is 12.1 Å². The first-order valence-corrected chi connectivity index (χ1v) is 19.3. The molecule has 1 aliphatic heterocycles. The Morgan fingerprint density at radius 1 is 1.15 bits per heavy atom. The maximum absolute atomic E-state index is 9.34. The van der Waals surface area contributed by atoms with E-state index in [9.17, 15) is 5.11 Å². The van der Waals surface area contributed by atoms with Crippen LogP contribution in [0.3, 0.4) is 0 Å². The third-order valence-corrected chi connectivity index (χ3v) is 12.8. The minimum atomic E-state index is -2.61. The lowest BCUT2D eigenvalue weighted by Crippen LogP contribution is -2.52. The molecule has 12 heteroatoms. The molecule has 34 heavy (non-hydrogen) atoms. The Labute approximate surface area is 230 Å². The maximum atomic E-state index is 9.34. The summed E-state index contributed by atoms with van der Waals surface area (Å²) in [6, 6.07) is 1.96. The molecule has 0 aromatic carbocycles. The molecule has 0 aromatic rings. The number of hydrogen-bond donors (Lipinski definition) is 2. The van der Waals surface area contributed by atoms with Crippen molar-refractivity contribution in [3.8, 4) is 0 Å². The molecule has 1 rings (SSSR count). The molecule has 3 atom stereocenters. The molecular weight excluding hydrogens is 545 g/mol. The van der Waals surface area contributed by atoms with E-state index in [2.05, 4.69) is 33.4 Å². The molecule has 0 aliphatic carbocycles. The topological polar surface area (TPSA) is 66.4 Å². The first kappa shape index (κ1) is 33.4. The van der Waals surface area contributed by atoms with Gasteiger partial charge in [0.1, 0.15) is 9.44 Å². The first-order chi connectivity index (χ1) is 16.3. The van der Waals surface area contributed by atoms with E-state index in [-0.39, 0.29) is 24.4 Å². The fourth-order valence-corrected chi connectivity index (χ4v) is 10.6. The van der Waals surface area contributed by atoms with Gasteiger partial charge in [-0.2, -0.15) is 12.6 Å². The summed E-state index contributed by atoms with van der Waals surface area (Å²) in [6.45, 7) is 11.5. The largest absolute Gasteiger partial charge is 0.501 e. The van der Waals surface area contributed by atoms with Gasteiger partial charge in [0, 0.05) is 50.2 Å². The number of aliphatic hydroxyl groups excluding tert-OH is 1. The molecule has 1 N–H and O–H groups in total. The minimum Gasteiger partial charge on any atom is -0.396 e. The van der Waals surface area contributed by atoms with Crippen molar-refractivity contribution in [3.63, 3.8) is 0 Å². The van der Waals surface area contributed by atoms with Crippen molar-refractivity contribution in [1.29, 1.82) is 0 Å². The van der Waals surface area contributed by atoms with Crippen LogP contribution in [0.1, 0.15) is 40.5 Å². The smallest absolute Gasteiger partial charge is 0.396 e. The quantitative estimate of drug-likeness (QED) is 0.0755. The minimum absolute atomic E-state index is 0.112. The highest BCUT2D eigenvalue weighted by molar-refractivity contribution is 8.47.